The molecular weight excluding hydrogens is 385 g/mol. The van der Waals surface area contributed by atoms with Crippen LogP contribution < -0.4 is 5.32 Å². The summed E-state index contributed by atoms with van der Waals surface area (Å²) in [5.41, 5.74) is 0.976. The summed E-state index contributed by atoms with van der Waals surface area (Å²) in [5.74, 6) is 1.19. The zero-order valence-electron chi connectivity index (χ0n) is 18.2. The second kappa shape index (κ2) is 7.44. The number of fused-ring (bicyclic) bond motifs is 5. The minimum Gasteiger partial charge on any atom is -0.411 e. The Morgan fingerprint density at radius 2 is 1.87 bits per heavy atom. The van der Waals surface area contributed by atoms with E-state index in [1.54, 1.807) is 0 Å². The maximum Gasteiger partial charge on any atom is 0.142 e. The van der Waals surface area contributed by atoms with Crippen LogP contribution >= 0.6 is 0 Å². The summed E-state index contributed by atoms with van der Waals surface area (Å²) in [6.07, 6.45) is 5.10. The second-order valence-corrected chi connectivity index (χ2v) is 11.0. The molecule has 7 heteroatoms. The van der Waals surface area contributed by atoms with E-state index in [1.807, 2.05) is 0 Å². The van der Waals surface area contributed by atoms with Crippen molar-refractivity contribution in [2.45, 2.75) is 83.6 Å². The maximum absolute atomic E-state index is 15.4. The van der Waals surface area contributed by atoms with Crippen molar-refractivity contribution in [2.75, 3.05) is 13.1 Å². The number of hydrogen-bond acceptors (Lipinski definition) is 6. The minimum absolute atomic E-state index is 0.00971. The quantitative estimate of drug-likeness (QED) is 0.470. The lowest BCUT2D eigenvalue weighted by Crippen LogP contribution is -2.58. The van der Waals surface area contributed by atoms with Crippen molar-refractivity contribution in [1.82, 2.24) is 5.32 Å². The van der Waals surface area contributed by atoms with Gasteiger partial charge in [-0.15, -0.1) is 0 Å². The number of aliphatic hydroxyl groups is 1. The van der Waals surface area contributed by atoms with E-state index in [-0.39, 0.29) is 29.0 Å². The highest BCUT2D eigenvalue weighted by Crippen LogP contribution is 2.65. The van der Waals surface area contributed by atoms with Gasteiger partial charge in [-0.2, -0.15) is 0 Å². The summed E-state index contributed by atoms with van der Waals surface area (Å²) in [6, 6.07) is 0. The summed E-state index contributed by atoms with van der Waals surface area (Å²) in [7, 11) is 0. The molecule has 0 bridgehead atoms. The Morgan fingerprint density at radius 1 is 1.07 bits per heavy atom. The number of halogens is 1. The zero-order valence-corrected chi connectivity index (χ0v) is 18.2. The van der Waals surface area contributed by atoms with E-state index in [0.717, 1.165) is 57.3 Å². The standard InChI is InChI=1S/C23H36FN3O3/c1-22-7-5-16-14(15(22)3-4-21(22)28)9-19(26-29)17-10-20(18(24)11-23(16,17)2)27-30-13-6-8-25-12-13/h13-18,21,25,28-29H,3-12H2,1-2H3/b26-19+,27-20+/t13-,14+,15+,16+,17?,18-,21+,22+,23-/m1/s1. The predicted octanol–water partition coefficient (Wildman–Crippen LogP) is 3.51. The molecule has 1 unspecified atom stereocenters. The average Bonchev–Trinajstić information content (AvgIpc) is 3.34. The van der Waals surface area contributed by atoms with Crippen LogP contribution in [0.25, 0.3) is 0 Å². The number of nitrogens with one attached hydrogen (secondary N) is 1. The van der Waals surface area contributed by atoms with Crippen LogP contribution in [-0.2, 0) is 4.84 Å². The van der Waals surface area contributed by atoms with Crippen LogP contribution in [-0.4, -0.2) is 53.2 Å². The number of alkyl halides is 1. The molecule has 3 N–H and O–H groups in total. The number of rotatable bonds is 2. The van der Waals surface area contributed by atoms with E-state index in [1.165, 1.54) is 0 Å². The molecule has 9 atom stereocenters. The van der Waals surface area contributed by atoms with Crippen LogP contribution in [0.4, 0.5) is 4.39 Å². The Kier molecular flexibility index (Phi) is 5.13. The average molecular weight is 422 g/mol. The number of nitrogens with zero attached hydrogens (tertiary/aromatic N) is 2. The van der Waals surface area contributed by atoms with Crippen molar-refractivity contribution >= 4 is 11.4 Å². The van der Waals surface area contributed by atoms with Gasteiger partial charge in [-0.3, -0.25) is 0 Å². The SMILES string of the molecule is C[C@]12CC[C@H]3[C@@H](C/C(=N\O)C4C/C(=N\O[C@@H]5CCNC5)[C@H](F)C[C@@]43C)[C@@H]1CC[C@@H]2O. The van der Waals surface area contributed by atoms with Crippen LogP contribution in [0.15, 0.2) is 10.3 Å². The van der Waals surface area contributed by atoms with Crippen molar-refractivity contribution in [3.63, 3.8) is 0 Å². The Hall–Kier alpha value is -1.21. The molecule has 0 aromatic rings. The van der Waals surface area contributed by atoms with Crippen molar-refractivity contribution in [3.8, 4) is 0 Å². The smallest absolute Gasteiger partial charge is 0.142 e. The van der Waals surface area contributed by atoms with Crippen molar-refractivity contribution in [1.29, 1.82) is 0 Å². The van der Waals surface area contributed by atoms with E-state index in [9.17, 15) is 10.3 Å². The summed E-state index contributed by atoms with van der Waals surface area (Å²) in [5, 5.41) is 31.8. The Morgan fingerprint density at radius 3 is 2.60 bits per heavy atom. The molecule has 0 amide bonds. The van der Waals surface area contributed by atoms with Crippen molar-refractivity contribution < 1.29 is 19.5 Å². The van der Waals surface area contributed by atoms with E-state index >= 15 is 4.39 Å². The fourth-order valence-corrected chi connectivity index (χ4v) is 7.94. The van der Waals surface area contributed by atoms with Gasteiger partial charge in [0.2, 0.25) is 0 Å². The van der Waals surface area contributed by atoms with E-state index in [0.29, 0.717) is 36.3 Å². The van der Waals surface area contributed by atoms with E-state index < -0.39 is 6.17 Å². The van der Waals surface area contributed by atoms with Crippen molar-refractivity contribution in [2.24, 2.45) is 44.8 Å². The molecule has 4 aliphatic carbocycles. The summed E-state index contributed by atoms with van der Waals surface area (Å²) < 4.78 is 15.4. The third kappa shape index (κ3) is 3.02. The van der Waals surface area contributed by atoms with Crippen LogP contribution in [0.5, 0.6) is 0 Å². The van der Waals surface area contributed by atoms with Gasteiger partial charge in [0.25, 0.3) is 0 Å². The normalized spacial score (nSPS) is 53.4. The minimum atomic E-state index is -1.11. The third-order valence-corrected chi connectivity index (χ3v) is 9.73. The van der Waals surface area contributed by atoms with Crippen molar-refractivity contribution in [3.05, 3.63) is 0 Å². The lowest BCUT2D eigenvalue weighted by atomic mass is 9.44. The van der Waals surface area contributed by atoms with Gasteiger partial charge in [-0.05, 0) is 73.7 Å². The first-order chi connectivity index (χ1) is 14.4. The largest absolute Gasteiger partial charge is 0.411 e. The number of aliphatic hydroxyl groups excluding tert-OH is 1. The molecule has 1 heterocycles. The molecule has 1 saturated heterocycles. The monoisotopic (exact) mass is 421 g/mol. The van der Waals surface area contributed by atoms with Gasteiger partial charge < -0.3 is 20.5 Å². The molecule has 5 rings (SSSR count). The van der Waals surface area contributed by atoms with Gasteiger partial charge in [-0.25, -0.2) is 4.39 Å². The highest BCUT2D eigenvalue weighted by molar-refractivity contribution is 5.97. The van der Waals surface area contributed by atoms with Crippen LogP contribution in [0, 0.1) is 34.5 Å². The first kappa shape index (κ1) is 20.7. The van der Waals surface area contributed by atoms with Gasteiger partial charge in [0.05, 0.1) is 17.5 Å². The molecule has 5 aliphatic rings. The third-order valence-electron chi connectivity index (χ3n) is 9.73. The molecule has 1 aliphatic heterocycles. The topological polar surface area (TPSA) is 86.4 Å². The molecule has 30 heavy (non-hydrogen) atoms. The van der Waals surface area contributed by atoms with E-state index in [2.05, 4.69) is 29.5 Å². The molecular formula is C23H36FN3O3. The Labute approximate surface area is 178 Å². The highest BCUT2D eigenvalue weighted by atomic mass is 19.1. The lowest BCUT2D eigenvalue weighted by molar-refractivity contribution is -0.0898. The Balaban J connectivity index is 1.41. The van der Waals surface area contributed by atoms with Gasteiger partial charge in [-0.1, -0.05) is 24.2 Å². The van der Waals surface area contributed by atoms with E-state index in [4.69, 9.17) is 4.84 Å². The summed E-state index contributed by atoms with van der Waals surface area (Å²) in [4.78, 5) is 5.64. The van der Waals surface area contributed by atoms with Gasteiger partial charge in [0, 0.05) is 25.3 Å². The van der Waals surface area contributed by atoms with Gasteiger partial charge in [0.1, 0.15) is 12.3 Å². The molecule has 0 radical (unpaired) electrons. The van der Waals surface area contributed by atoms with Crippen LogP contribution in [0.2, 0.25) is 0 Å². The summed E-state index contributed by atoms with van der Waals surface area (Å²) in [6.45, 7) is 6.11. The van der Waals surface area contributed by atoms with Crippen LogP contribution in [0.3, 0.4) is 0 Å². The number of oxime groups is 2. The predicted molar refractivity (Wildman–Crippen MR) is 112 cm³/mol. The molecule has 168 valence electrons. The van der Waals surface area contributed by atoms with Gasteiger partial charge >= 0.3 is 0 Å². The molecule has 4 saturated carbocycles. The van der Waals surface area contributed by atoms with Crippen LogP contribution in [0.1, 0.15) is 65.2 Å². The molecule has 0 aromatic heterocycles. The fourth-order valence-electron chi connectivity index (χ4n) is 7.94. The maximum atomic E-state index is 15.4. The molecule has 0 aromatic carbocycles. The fraction of sp³-hybridized carbons (Fsp3) is 0.913. The molecule has 6 nitrogen and oxygen atoms in total. The summed E-state index contributed by atoms with van der Waals surface area (Å²) >= 11 is 0. The molecule has 0 spiro atoms. The highest BCUT2D eigenvalue weighted by Gasteiger charge is 2.62. The second-order valence-electron chi connectivity index (χ2n) is 11.0. The first-order valence-electron chi connectivity index (χ1n) is 11.8. The van der Waals surface area contributed by atoms with Gasteiger partial charge in [0.15, 0.2) is 0 Å². The zero-order chi connectivity index (χ0) is 21.1. The number of hydrogen-bond donors (Lipinski definition) is 3. The molecule has 5 fully saturated rings. The first-order valence-corrected chi connectivity index (χ1v) is 11.8. The Bertz CT molecular complexity index is 739. The lowest BCUT2D eigenvalue weighted by Gasteiger charge is -2.60.